The van der Waals surface area contributed by atoms with E-state index in [0.717, 1.165) is 10.9 Å². The molecule has 1 aliphatic rings. The van der Waals surface area contributed by atoms with Crippen molar-refractivity contribution in [1.82, 2.24) is 15.1 Å². The Morgan fingerprint density at radius 3 is 3.00 bits per heavy atom. The molecule has 2 amide bonds. The fraction of sp³-hybridized carbons (Fsp3) is 0.400. The number of fused-ring (bicyclic) bond motifs is 1. The Labute approximate surface area is 122 Å². The van der Waals surface area contributed by atoms with Crippen LogP contribution in [0.2, 0.25) is 0 Å². The average molecular weight is 286 g/mol. The number of amides is 2. The van der Waals surface area contributed by atoms with E-state index in [4.69, 9.17) is 0 Å². The standard InChI is InChI=1S/C15H18N4O2/c1-9(2)19-8-11(6-13(19)20)15(21)17-12-5-3-4-10-7-16-18-14(10)12/h3-5,7,9,11H,6,8H2,1-2H3,(H,16,18)(H,17,21)/t11-/m1/s1. The molecule has 0 unspecified atom stereocenters. The number of carbonyl (C=O) groups excluding carboxylic acids is 2. The van der Waals surface area contributed by atoms with Gasteiger partial charge in [0.2, 0.25) is 11.8 Å². The quantitative estimate of drug-likeness (QED) is 0.902. The number of hydrogen-bond acceptors (Lipinski definition) is 3. The Balaban J connectivity index is 1.75. The normalized spacial score (nSPS) is 18.7. The molecule has 0 radical (unpaired) electrons. The van der Waals surface area contributed by atoms with Gasteiger partial charge in [0.15, 0.2) is 0 Å². The van der Waals surface area contributed by atoms with Crippen molar-refractivity contribution in [1.29, 1.82) is 0 Å². The van der Waals surface area contributed by atoms with E-state index in [-0.39, 0.29) is 30.2 Å². The minimum atomic E-state index is -0.293. The van der Waals surface area contributed by atoms with E-state index in [1.165, 1.54) is 0 Å². The molecule has 6 nitrogen and oxygen atoms in total. The fourth-order valence-electron chi connectivity index (χ4n) is 2.71. The summed E-state index contributed by atoms with van der Waals surface area (Å²) in [7, 11) is 0. The molecule has 0 bridgehead atoms. The molecule has 1 saturated heterocycles. The molecule has 6 heteroatoms. The van der Waals surface area contributed by atoms with Crippen LogP contribution in [-0.4, -0.2) is 39.5 Å². The van der Waals surface area contributed by atoms with Crippen LogP contribution in [0.4, 0.5) is 5.69 Å². The summed E-state index contributed by atoms with van der Waals surface area (Å²) in [6, 6.07) is 5.75. The first-order valence-corrected chi connectivity index (χ1v) is 7.08. The predicted octanol–water partition coefficient (Wildman–Crippen LogP) is 1.76. The van der Waals surface area contributed by atoms with Gasteiger partial charge in [0.1, 0.15) is 0 Å². The summed E-state index contributed by atoms with van der Waals surface area (Å²) in [4.78, 5) is 26.0. The van der Waals surface area contributed by atoms with Gasteiger partial charge < -0.3 is 10.2 Å². The van der Waals surface area contributed by atoms with Gasteiger partial charge in [0, 0.05) is 24.4 Å². The zero-order valence-corrected chi connectivity index (χ0v) is 12.1. The summed E-state index contributed by atoms with van der Waals surface area (Å²) in [6.07, 6.45) is 1.99. The molecule has 1 aromatic heterocycles. The second-order valence-electron chi connectivity index (χ2n) is 5.67. The first kappa shape index (κ1) is 13.6. The number of hydrogen-bond donors (Lipinski definition) is 2. The van der Waals surface area contributed by atoms with E-state index in [1.54, 1.807) is 11.1 Å². The minimum absolute atomic E-state index is 0.0462. The molecule has 1 aliphatic heterocycles. The first-order valence-electron chi connectivity index (χ1n) is 7.08. The zero-order chi connectivity index (χ0) is 15.0. The Hall–Kier alpha value is -2.37. The lowest BCUT2D eigenvalue weighted by molar-refractivity contribution is -0.129. The molecule has 3 rings (SSSR count). The summed E-state index contributed by atoms with van der Waals surface area (Å²) in [6.45, 7) is 4.41. The lowest BCUT2D eigenvalue weighted by Crippen LogP contribution is -2.33. The van der Waals surface area contributed by atoms with Gasteiger partial charge in [-0.05, 0) is 19.9 Å². The lowest BCUT2D eigenvalue weighted by Gasteiger charge is -2.20. The summed E-state index contributed by atoms with van der Waals surface area (Å²) < 4.78 is 0. The van der Waals surface area contributed by atoms with Crippen molar-refractivity contribution in [3.63, 3.8) is 0 Å². The van der Waals surface area contributed by atoms with Gasteiger partial charge in [-0.2, -0.15) is 5.10 Å². The molecule has 0 saturated carbocycles. The molecule has 110 valence electrons. The van der Waals surface area contributed by atoms with Crippen LogP contribution in [0.15, 0.2) is 24.4 Å². The largest absolute Gasteiger partial charge is 0.339 e. The zero-order valence-electron chi connectivity index (χ0n) is 12.1. The monoisotopic (exact) mass is 286 g/mol. The van der Waals surface area contributed by atoms with E-state index in [9.17, 15) is 9.59 Å². The van der Waals surface area contributed by atoms with E-state index in [0.29, 0.717) is 12.2 Å². The second kappa shape index (κ2) is 5.20. The van der Waals surface area contributed by atoms with Crippen LogP contribution >= 0.6 is 0 Å². The molecular formula is C15H18N4O2. The fourth-order valence-corrected chi connectivity index (χ4v) is 2.71. The van der Waals surface area contributed by atoms with Crippen LogP contribution in [0.3, 0.4) is 0 Å². The van der Waals surface area contributed by atoms with Gasteiger partial charge in [-0.25, -0.2) is 0 Å². The number of anilines is 1. The molecule has 1 aromatic carbocycles. The number of aromatic amines is 1. The van der Waals surface area contributed by atoms with Crippen molar-refractivity contribution >= 4 is 28.4 Å². The molecule has 2 heterocycles. The van der Waals surface area contributed by atoms with Crippen molar-refractivity contribution in [2.24, 2.45) is 5.92 Å². The van der Waals surface area contributed by atoms with E-state index < -0.39 is 0 Å². The van der Waals surface area contributed by atoms with Crippen LogP contribution in [0.25, 0.3) is 10.9 Å². The molecule has 2 aromatic rings. The van der Waals surface area contributed by atoms with Gasteiger partial charge in [-0.1, -0.05) is 12.1 Å². The smallest absolute Gasteiger partial charge is 0.229 e. The average Bonchev–Trinajstić information content (AvgIpc) is 3.05. The molecule has 0 spiro atoms. The summed E-state index contributed by atoms with van der Waals surface area (Å²) in [5.41, 5.74) is 1.50. The molecule has 0 aliphatic carbocycles. The maximum atomic E-state index is 12.4. The Morgan fingerprint density at radius 1 is 1.48 bits per heavy atom. The molecule has 1 fully saturated rings. The highest BCUT2D eigenvalue weighted by molar-refractivity contribution is 6.02. The van der Waals surface area contributed by atoms with Crippen LogP contribution in [-0.2, 0) is 9.59 Å². The number of H-pyrrole nitrogens is 1. The molecule has 1 atom stereocenters. The maximum Gasteiger partial charge on any atom is 0.229 e. The van der Waals surface area contributed by atoms with Crippen LogP contribution in [0.1, 0.15) is 20.3 Å². The SMILES string of the molecule is CC(C)N1C[C@H](C(=O)Nc2cccc3cn[nH]c23)CC1=O. The van der Waals surface area contributed by atoms with Gasteiger partial charge in [-0.3, -0.25) is 14.7 Å². The van der Waals surface area contributed by atoms with Gasteiger partial charge in [0.05, 0.1) is 23.3 Å². The number of likely N-dealkylation sites (tertiary alicyclic amines) is 1. The summed E-state index contributed by atoms with van der Waals surface area (Å²) in [5, 5.41) is 10.7. The van der Waals surface area contributed by atoms with Crippen molar-refractivity contribution in [3.8, 4) is 0 Å². The highest BCUT2D eigenvalue weighted by Gasteiger charge is 2.35. The van der Waals surface area contributed by atoms with Crippen molar-refractivity contribution in [2.45, 2.75) is 26.3 Å². The third-order valence-electron chi connectivity index (χ3n) is 3.89. The van der Waals surface area contributed by atoms with Crippen molar-refractivity contribution in [3.05, 3.63) is 24.4 Å². The van der Waals surface area contributed by atoms with Crippen LogP contribution in [0, 0.1) is 5.92 Å². The Kier molecular flexibility index (Phi) is 3.37. The van der Waals surface area contributed by atoms with E-state index >= 15 is 0 Å². The number of aromatic nitrogens is 2. The number of rotatable bonds is 3. The van der Waals surface area contributed by atoms with Crippen molar-refractivity contribution in [2.75, 3.05) is 11.9 Å². The number of benzene rings is 1. The summed E-state index contributed by atoms with van der Waals surface area (Å²) in [5.74, 6) is -0.364. The predicted molar refractivity (Wildman–Crippen MR) is 79.7 cm³/mol. The number of nitrogens with zero attached hydrogens (tertiary/aromatic N) is 2. The topological polar surface area (TPSA) is 78.1 Å². The Morgan fingerprint density at radius 2 is 2.29 bits per heavy atom. The molecule has 2 N–H and O–H groups in total. The van der Waals surface area contributed by atoms with E-state index in [1.807, 2.05) is 32.0 Å². The molecule has 21 heavy (non-hydrogen) atoms. The number of para-hydroxylation sites is 1. The number of carbonyl (C=O) groups is 2. The van der Waals surface area contributed by atoms with Gasteiger partial charge >= 0.3 is 0 Å². The lowest BCUT2D eigenvalue weighted by atomic mass is 10.1. The highest BCUT2D eigenvalue weighted by atomic mass is 16.2. The van der Waals surface area contributed by atoms with Gasteiger partial charge in [0.25, 0.3) is 0 Å². The molecular weight excluding hydrogens is 268 g/mol. The van der Waals surface area contributed by atoms with E-state index in [2.05, 4.69) is 15.5 Å². The Bertz CT molecular complexity index is 692. The highest BCUT2D eigenvalue weighted by Crippen LogP contribution is 2.24. The van der Waals surface area contributed by atoms with Crippen LogP contribution in [0.5, 0.6) is 0 Å². The third-order valence-corrected chi connectivity index (χ3v) is 3.89. The van der Waals surface area contributed by atoms with Gasteiger partial charge in [-0.15, -0.1) is 0 Å². The van der Waals surface area contributed by atoms with Crippen LogP contribution < -0.4 is 5.32 Å². The number of nitrogens with one attached hydrogen (secondary N) is 2. The first-order chi connectivity index (χ1) is 10.1. The minimum Gasteiger partial charge on any atom is -0.339 e. The maximum absolute atomic E-state index is 12.4. The van der Waals surface area contributed by atoms with Crippen molar-refractivity contribution < 1.29 is 9.59 Å². The third kappa shape index (κ3) is 2.49. The second-order valence-corrected chi connectivity index (χ2v) is 5.67. The summed E-state index contributed by atoms with van der Waals surface area (Å²) >= 11 is 0.